The van der Waals surface area contributed by atoms with E-state index in [1.54, 1.807) is 0 Å². The molecule has 3 heterocycles. The van der Waals surface area contributed by atoms with Crippen molar-refractivity contribution in [3.63, 3.8) is 0 Å². The van der Waals surface area contributed by atoms with Crippen LogP contribution in [0.15, 0.2) is 22.4 Å². The van der Waals surface area contributed by atoms with Gasteiger partial charge < -0.3 is 14.4 Å². The number of rotatable bonds is 5. The highest BCUT2D eigenvalue weighted by Gasteiger charge is 2.21. The number of amides is 1. The molecule has 0 spiro atoms. The number of hydrogen-bond acceptors (Lipinski definition) is 5. The van der Waals surface area contributed by atoms with Crippen LogP contribution < -0.4 is 5.32 Å². The minimum Gasteiger partial charge on any atom is -0.361 e. The predicted molar refractivity (Wildman–Crippen MR) is 106 cm³/mol. The first-order chi connectivity index (χ1) is 13.6. The van der Waals surface area contributed by atoms with E-state index >= 15 is 0 Å². The fraction of sp³-hybridized carbons (Fsp3) is 0.571. The zero-order valence-electron chi connectivity index (χ0n) is 16.8. The second-order valence-corrected chi connectivity index (χ2v) is 7.86. The Hall–Kier alpha value is -2.41. The smallest absolute Gasteiger partial charge is 0.271 e. The van der Waals surface area contributed by atoms with Crippen LogP contribution in [-0.2, 0) is 19.5 Å². The van der Waals surface area contributed by atoms with Crippen LogP contribution in [0, 0.1) is 13.8 Å². The number of nitrogens with one attached hydrogen (secondary N) is 1. The molecule has 1 amide bonds. The van der Waals surface area contributed by atoms with Gasteiger partial charge in [-0.15, -0.1) is 0 Å². The Morgan fingerprint density at radius 2 is 2.11 bits per heavy atom. The van der Waals surface area contributed by atoms with E-state index in [9.17, 15) is 4.79 Å². The molecular weight excluding hydrogens is 354 g/mol. The first-order valence-electron chi connectivity index (χ1n) is 10.3. The van der Waals surface area contributed by atoms with Crippen LogP contribution in [0.4, 0.5) is 0 Å². The van der Waals surface area contributed by atoms with Gasteiger partial charge in [0.1, 0.15) is 17.3 Å². The van der Waals surface area contributed by atoms with E-state index in [0.29, 0.717) is 12.2 Å². The second-order valence-electron chi connectivity index (χ2n) is 7.86. The Labute approximate surface area is 165 Å². The molecule has 0 unspecified atom stereocenters. The number of allylic oxidation sites excluding steroid dienone is 1. The number of aryl methyl sites for hydroxylation is 2. The molecule has 2 aliphatic rings. The van der Waals surface area contributed by atoms with E-state index in [4.69, 9.17) is 4.52 Å². The standard InChI is InChI=1S/C21H29N5O2/c1-15-18(16(2)28-24-15)13-25-9-8-20-23-19(14-26(20)11-10-25)21(27)22-12-17-6-4-3-5-7-17/h6,14H,3-5,7-13H2,1-2H3,(H,22,27). The van der Waals surface area contributed by atoms with Crippen molar-refractivity contribution in [3.8, 4) is 0 Å². The molecule has 0 saturated heterocycles. The van der Waals surface area contributed by atoms with Gasteiger partial charge in [0.25, 0.3) is 5.91 Å². The van der Waals surface area contributed by atoms with Gasteiger partial charge >= 0.3 is 0 Å². The number of aromatic nitrogens is 3. The van der Waals surface area contributed by atoms with Crippen molar-refractivity contribution in [1.29, 1.82) is 0 Å². The average molecular weight is 383 g/mol. The van der Waals surface area contributed by atoms with Crippen molar-refractivity contribution < 1.29 is 9.32 Å². The number of hydrogen-bond donors (Lipinski definition) is 1. The summed E-state index contributed by atoms with van der Waals surface area (Å²) in [6.07, 6.45) is 9.72. The Balaban J connectivity index is 1.34. The molecule has 0 bridgehead atoms. The number of carbonyl (C=O) groups is 1. The van der Waals surface area contributed by atoms with Crippen molar-refractivity contribution in [2.75, 3.05) is 19.6 Å². The van der Waals surface area contributed by atoms with E-state index in [2.05, 4.69) is 31.0 Å². The zero-order valence-corrected chi connectivity index (χ0v) is 16.8. The lowest BCUT2D eigenvalue weighted by Gasteiger charge is -2.19. The maximum Gasteiger partial charge on any atom is 0.271 e. The minimum absolute atomic E-state index is 0.0698. The van der Waals surface area contributed by atoms with Gasteiger partial charge in [0, 0.05) is 50.9 Å². The molecule has 0 atom stereocenters. The summed E-state index contributed by atoms with van der Waals surface area (Å²) in [5.41, 5.74) is 4.02. The van der Waals surface area contributed by atoms with Crippen LogP contribution in [-0.4, -0.2) is 45.1 Å². The van der Waals surface area contributed by atoms with Crippen molar-refractivity contribution >= 4 is 5.91 Å². The molecule has 0 radical (unpaired) electrons. The molecule has 0 fully saturated rings. The van der Waals surface area contributed by atoms with Crippen molar-refractivity contribution in [2.24, 2.45) is 0 Å². The van der Waals surface area contributed by atoms with Gasteiger partial charge in [-0.25, -0.2) is 4.98 Å². The van der Waals surface area contributed by atoms with Gasteiger partial charge in [-0.05, 0) is 39.5 Å². The molecule has 2 aromatic heterocycles. The van der Waals surface area contributed by atoms with E-state index in [0.717, 1.165) is 62.7 Å². The summed E-state index contributed by atoms with van der Waals surface area (Å²) in [7, 11) is 0. The summed E-state index contributed by atoms with van der Waals surface area (Å²) < 4.78 is 7.41. The third-order valence-corrected chi connectivity index (χ3v) is 5.82. The molecule has 7 nitrogen and oxygen atoms in total. The van der Waals surface area contributed by atoms with Crippen LogP contribution >= 0.6 is 0 Å². The third-order valence-electron chi connectivity index (χ3n) is 5.82. The quantitative estimate of drug-likeness (QED) is 0.804. The highest BCUT2D eigenvalue weighted by molar-refractivity contribution is 5.92. The molecule has 150 valence electrons. The number of carbonyl (C=O) groups excluding carboxylic acids is 1. The van der Waals surface area contributed by atoms with Crippen LogP contribution in [0.2, 0.25) is 0 Å². The van der Waals surface area contributed by atoms with Crippen LogP contribution in [0.5, 0.6) is 0 Å². The summed E-state index contributed by atoms with van der Waals surface area (Å²) in [5.74, 6) is 1.81. The Morgan fingerprint density at radius 1 is 1.21 bits per heavy atom. The van der Waals surface area contributed by atoms with Gasteiger partial charge in [0.2, 0.25) is 0 Å². The SMILES string of the molecule is Cc1noc(C)c1CN1CCc2nc(C(=O)NCC3=CCCCC3)cn2CC1. The molecular formula is C21H29N5O2. The number of nitrogens with zero attached hydrogens (tertiary/aromatic N) is 4. The summed E-state index contributed by atoms with van der Waals surface area (Å²) in [4.78, 5) is 19.5. The fourth-order valence-electron chi connectivity index (χ4n) is 4.03. The molecule has 0 aromatic carbocycles. The predicted octanol–water partition coefficient (Wildman–Crippen LogP) is 2.78. The van der Waals surface area contributed by atoms with Gasteiger partial charge in [0.05, 0.1) is 5.69 Å². The zero-order chi connectivity index (χ0) is 19.5. The Morgan fingerprint density at radius 3 is 2.86 bits per heavy atom. The van der Waals surface area contributed by atoms with Crippen LogP contribution in [0.3, 0.4) is 0 Å². The topological polar surface area (TPSA) is 76.2 Å². The number of fused-ring (bicyclic) bond motifs is 1. The van der Waals surface area contributed by atoms with Crippen molar-refractivity contribution in [1.82, 2.24) is 24.9 Å². The molecule has 2 aromatic rings. The lowest BCUT2D eigenvalue weighted by molar-refractivity contribution is 0.0951. The van der Waals surface area contributed by atoms with Gasteiger partial charge in [-0.3, -0.25) is 9.69 Å². The summed E-state index contributed by atoms with van der Waals surface area (Å²) >= 11 is 0. The largest absolute Gasteiger partial charge is 0.361 e. The molecule has 1 aliphatic heterocycles. The van der Waals surface area contributed by atoms with E-state index < -0.39 is 0 Å². The summed E-state index contributed by atoms with van der Waals surface area (Å²) in [6, 6.07) is 0. The van der Waals surface area contributed by atoms with E-state index in [1.807, 2.05) is 20.0 Å². The van der Waals surface area contributed by atoms with Gasteiger partial charge in [0.15, 0.2) is 0 Å². The maximum absolute atomic E-state index is 12.5. The Bertz CT molecular complexity index is 834. The summed E-state index contributed by atoms with van der Waals surface area (Å²) in [5, 5.41) is 7.08. The highest BCUT2D eigenvalue weighted by atomic mass is 16.5. The van der Waals surface area contributed by atoms with E-state index in [1.165, 1.54) is 24.0 Å². The molecule has 28 heavy (non-hydrogen) atoms. The molecule has 7 heteroatoms. The first-order valence-corrected chi connectivity index (χ1v) is 10.3. The van der Waals surface area contributed by atoms with Crippen LogP contribution in [0.25, 0.3) is 0 Å². The molecule has 1 aliphatic carbocycles. The van der Waals surface area contributed by atoms with Crippen LogP contribution in [0.1, 0.15) is 59.0 Å². The Kier molecular flexibility index (Phi) is 5.62. The molecule has 4 rings (SSSR count). The number of imidazole rings is 1. The average Bonchev–Trinajstić information content (AvgIpc) is 3.20. The lowest BCUT2D eigenvalue weighted by atomic mass is 10.00. The lowest BCUT2D eigenvalue weighted by Crippen LogP contribution is -2.28. The fourth-order valence-corrected chi connectivity index (χ4v) is 4.03. The van der Waals surface area contributed by atoms with Crippen molar-refractivity contribution in [3.05, 3.63) is 46.4 Å². The maximum atomic E-state index is 12.5. The monoisotopic (exact) mass is 383 g/mol. The molecule has 1 N–H and O–H groups in total. The van der Waals surface area contributed by atoms with Crippen molar-refractivity contribution in [2.45, 2.75) is 59.0 Å². The minimum atomic E-state index is -0.0698. The third kappa shape index (κ3) is 4.19. The van der Waals surface area contributed by atoms with Gasteiger partial charge in [-0.2, -0.15) is 0 Å². The normalized spacial score (nSPS) is 17.7. The second kappa shape index (κ2) is 8.31. The van der Waals surface area contributed by atoms with E-state index in [-0.39, 0.29) is 5.91 Å². The highest BCUT2D eigenvalue weighted by Crippen LogP contribution is 2.18. The van der Waals surface area contributed by atoms with Gasteiger partial charge in [-0.1, -0.05) is 16.8 Å². The molecule has 0 saturated carbocycles. The first kappa shape index (κ1) is 18.9. The summed E-state index contributed by atoms with van der Waals surface area (Å²) in [6.45, 7) is 8.11.